The number of hydrogen-bond donors (Lipinski definition) is 2. The minimum atomic E-state index is -0.00928. The highest BCUT2D eigenvalue weighted by Gasteiger charge is 2.22. The summed E-state index contributed by atoms with van der Waals surface area (Å²) in [5.74, 6) is 2.12. The van der Waals surface area contributed by atoms with Crippen molar-refractivity contribution in [2.24, 2.45) is 5.92 Å². The Morgan fingerprint density at radius 2 is 2.20 bits per heavy atom. The number of halogens is 1. The number of aromatic amines is 1. The molecule has 30 heavy (non-hydrogen) atoms. The number of benzene rings is 2. The van der Waals surface area contributed by atoms with Crippen LogP contribution >= 0.6 is 11.6 Å². The third kappa shape index (κ3) is 5.12. The van der Waals surface area contributed by atoms with Gasteiger partial charge in [0.25, 0.3) is 0 Å². The fourth-order valence-electron chi connectivity index (χ4n) is 4.15. The number of carbonyl (C=O) groups excluding carboxylic acids is 1. The number of anilines is 1. The molecule has 1 atom stereocenters. The lowest BCUT2D eigenvalue weighted by Crippen LogP contribution is -2.35. The van der Waals surface area contributed by atoms with Crippen LogP contribution in [0.25, 0.3) is 11.0 Å². The van der Waals surface area contributed by atoms with Gasteiger partial charge in [-0.05, 0) is 62.1 Å². The predicted molar refractivity (Wildman–Crippen MR) is 120 cm³/mol. The molecule has 1 saturated heterocycles. The molecular weight excluding hydrogens is 400 g/mol. The first-order chi connectivity index (χ1) is 14.6. The Labute approximate surface area is 181 Å². The van der Waals surface area contributed by atoms with E-state index in [4.69, 9.17) is 21.3 Å². The Morgan fingerprint density at radius 1 is 1.33 bits per heavy atom. The molecule has 1 fully saturated rings. The molecule has 1 aromatic heterocycles. The zero-order valence-corrected chi connectivity index (χ0v) is 17.9. The third-order valence-electron chi connectivity index (χ3n) is 5.63. The van der Waals surface area contributed by atoms with E-state index in [1.807, 2.05) is 18.2 Å². The fourth-order valence-corrected chi connectivity index (χ4v) is 4.32. The minimum absolute atomic E-state index is 0.00928. The lowest BCUT2D eigenvalue weighted by atomic mass is 9.93. The monoisotopic (exact) mass is 426 g/mol. The van der Waals surface area contributed by atoms with Gasteiger partial charge in [0, 0.05) is 18.0 Å². The summed E-state index contributed by atoms with van der Waals surface area (Å²) in [5, 5.41) is 3.50. The third-order valence-corrected chi connectivity index (χ3v) is 5.87. The molecule has 2 heterocycles. The van der Waals surface area contributed by atoms with Crippen molar-refractivity contribution in [3.8, 4) is 5.75 Å². The molecule has 0 spiro atoms. The first-order valence-electron chi connectivity index (χ1n) is 10.4. The van der Waals surface area contributed by atoms with Gasteiger partial charge >= 0.3 is 0 Å². The number of carbonyl (C=O) groups is 1. The zero-order valence-electron chi connectivity index (χ0n) is 17.2. The normalized spacial score (nSPS) is 17.2. The molecule has 158 valence electrons. The molecule has 1 aliphatic rings. The Kier molecular flexibility index (Phi) is 6.55. The van der Waals surface area contributed by atoms with Crippen LogP contribution in [0.5, 0.6) is 5.75 Å². The number of imidazole rings is 1. The Balaban J connectivity index is 1.28. The number of methoxy groups -OCH3 is 1. The van der Waals surface area contributed by atoms with Crippen LogP contribution in [0.3, 0.4) is 0 Å². The molecule has 0 aliphatic carbocycles. The van der Waals surface area contributed by atoms with Crippen molar-refractivity contribution in [3.63, 3.8) is 0 Å². The number of ether oxygens (including phenoxy) is 1. The Morgan fingerprint density at radius 3 is 3.03 bits per heavy atom. The molecule has 2 N–H and O–H groups in total. The van der Waals surface area contributed by atoms with Crippen molar-refractivity contribution in [1.82, 2.24) is 14.9 Å². The first-order valence-corrected chi connectivity index (χ1v) is 10.8. The van der Waals surface area contributed by atoms with Crippen LogP contribution in [0.4, 0.5) is 5.69 Å². The van der Waals surface area contributed by atoms with E-state index in [0.29, 0.717) is 28.8 Å². The number of nitrogens with one attached hydrogen (secondary N) is 2. The van der Waals surface area contributed by atoms with Gasteiger partial charge in [0.2, 0.25) is 5.91 Å². The van der Waals surface area contributed by atoms with Crippen LogP contribution < -0.4 is 10.1 Å². The highest BCUT2D eigenvalue weighted by molar-refractivity contribution is 6.31. The lowest BCUT2D eigenvalue weighted by molar-refractivity contribution is -0.116. The van der Waals surface area contributed by atoms with Crippen molar-refractivity contribution in [2.45, 2.75) is 32.2 Å². The summed E-state index contributed by atoms with van der Waals surface area (Å²) in [6.45, 7) is 2.88. The number of likely N-dealkylation sites (tertiary alicyclic amines) is 1. The summed E-state index contributed by atoms with van der Waals surface area (Å²) in [6.07, 6.45) is 3.66. The summed E-state index contributed by atoms with van der Waals surface area (Å²) in [5.41, 5.74) is 2.70. The molecule has 0 bridgehead atoms. The molecule has 2 aromatic carbocycles. The standard InChI is InChI=1S/C23H27ClN4O2/c1-30-21-10-9-17(24)13-20(21)27-23(29)11-8-16-5-4-12-28(14-16)15-22-25-18-6-2-3-7-19(18)26-22/h2-3,6-7,9-10,13,16H,4-5,8,11-12,14-15H2,1H3,(H,25,26)(H,27,29)/t16-/m0/s1. The van der Waals surface area contributed by atoms with Gasteiger partial charge in [0.1, 0.15) is 11.6 Å². The molecule has 3 aromatic rings. The van der Waals surface area contributed by atoms with Gasteiger partial charge in [-0.3, -0.25) is 9.69 Å². The Hall–Kier alpha value is -2.57. The summed E-state index contributed by atoms with van der Waals surface area (Å²) < 4.78 is 5.30. The van der Waals surface area contributed by atoms with E-state index in [2.05, 4.69) is 21.3 Å². The Bertz CT molecular complexity index is 986. The quantitative estimate of drug-likeness (QED) is 0.566. The second-order valence-electron chi connectivity index (χ2n) is 7.88. The number of nitrogens with zero attached hydrogens (tertiary/aromatic N) is 2. The summed E-state index contributed by atoms with van der Waals surface area (Å²) in [7, 11) is 1.58. The van der Waals surface area contributed by atoms with Crippen LogP contribution in [-0.2, 0) is 11.3 Å². The molecular formula is C23H27ClN4O2. The van der Waals surface area contributed by atoms with Crippen molar-refractivity contribution in [1.29, 1.82) is 0 Å². The lowest BCUT2D eigenvalue weighted by Gasteiger charge is -2.32. The van der Waals surface area contributed by atoms with Gasteiger partial charge in [-0.15, -0.1) is 0 Å². The number of fused-ring (bicyclic) bond motifs is 1. The highest BCUT2D eigenvalue weighted by atomic mass is 35.5. The fraction of sp³-hybridized carbons (Fsp3) is 0.391. The van der Waals surface area contributed by atoms with Crippen LogP contribution in [0.1, 0.15) is 31.5 Å². The highest BCUT2D eigenvalue weighted by Crippen LogP contribution is 2.28. The average Bonchev–Trinajstić information content (AvgIpc) is 3.15. The maximum atomic E-state index is 12.5. The smallest absolute Gasteiger partial charge is 0.224 e. The van der Waals surface area contributed by atoms with E-state index in [0.717, 1.165) is 55.8 Å². The second-order valence-corrected chi connectivity index (χ2v) is 8.31. The summed E-state index contributed by atoms with van der Waals surface area (Å²) >= 11 is 6.04. The van der Waals surface area contributed by atoms with Crippen molar-refractivity contribution >= 4 is 34.2 Å². The van der Waals surface area contributed by atoms with E-state index in [1.165, 1.54) is 0 Å². The van der Waals surface area contributed by atoms with E-state index < -0.39 is 0 Å². The van der Waals surface area contributed by atoms with Gasteiger partial charge in [-0.2, -0.15) is 0 Å². The van der Waals surface area contributed by atoms with Crippen molar-refractivity contribution < 1.29 is 9.53 Å². The SMILES string of the molecule is COc1ccc(Cl)cc1NC(=O)CC[C@@H]1CCCN(Cc2nc3ccccc3[nH]2)C1. The van der Waals surface area contributed by atoms with Crippen LogP contribution in [0.15, 0.2) is 42.5 Å². The first kappa shape index (κ1) is 20.7. The number of piperidine rings is 1. The van der Waals surface area contributed by atoms with Crippen molar-refractivity contribution in [3.05, 3.63) is 53.3 Å². The zero-order chi connectivity index (χ0) is 20.9. The van der Waals surface area contributed by atoms with Gasteiger partial charge in [0.05, 0.1) is 30.4 Å². The van der Waals surface area contributed by atoms with Gasteiger partial charge in [-0.1, -0.05) is 23.7 Å². The number of aromatic nitrogens is 2. The molecule has 6 nitrogen and oxygen atoms in total. The molecule has 1 aliphatic heterocycles. The number of para-hydroxylation sites is 2. The largest absolute Gasteiger partial charge is 0.495 e. The van der Waals surface area contributed by atoms with E-state index >= 15 is 0 Å². The summed E-state index contributed by atoms with van der Waals surface area (Å²) in [6, 6.07) is 13.3. The molecule has 1 amide bonds. The predicted octanol–water partition coefficient (Wildman–Crippen LogP) is 4.86. The molecule has 7 heteroatoms. The minimum Gasteiger partial charge on any atom is -0.495 e. The number of amides is 1. The van der Waals surface area contributed by atoms with Gasteiger partial charge in [0.15, 0.2) is 0 Å². The van der Waals surface area contributed by atoms with E-state index in [9.17, 15) is 4.79 Å². The van der Waals surface area contributed by atoms with Crippen LogP contribution in [0.2, 0.25) is 5.02 Å². The molecule has 0 unspecified atom stereocenters. The van der Waals surface area contributed by atoms with Crippen LogP contribution in [0, 0.1) is 5.92 Å². The second kappa shape index (κ2) is 9.49. The summed E-state index contributed by atoms with van der Waals surface area (Å²) in [4.78, 5) is 23.0. The van der Waals surface area contributed by atoms with Crippen LogP contribution in [-0.4, -0.2) is 41.0 Å². The molecule has 0 radical (unpaired) electrons. The maximum absolute atomic E-state index is 12.5. The topological polar surface area (TPSA) is 70.2 Å². The molecule has 4 rings (SSSR count). The van der Waals surface area contributed by atoms with E-state index in [-0.39, 0.29) is 5.91 Å². The number of H-pyrrole nitrogens is 1. The maximum Gasteiger partial charge on any atom is 0.224 e. The van der Waals surface area contributed by atoms with Gasteiger partial charge in [-0.25, -0.2) is 4.98 Å². The number of rotatable bonds is 7. The van der Waals surface area contributed by atoms with E-state index in [1.54, 1.807) is 25.3 Å². The van der Waals surface area contributed by atoms with Crippen molar-refractivity contribution in [2.75, 3.05) is 25.5 Å². The number of hydrogen-bond acceptors (Lipinski definition) is 4. The molecule has 0 saturated carbocycles. The average molecular weight is 427 g/mol. The van der Waals surface area contributed by atoms with Gasteiger partial charge < -0.3 is 15.0 Å².